The lowest BCUT2D eigenvalue weighted by Crippen LogP contribution is -2.37. The molecule has 1 atom stereocenters. The van der Waals surface area contributed by atoms with Crippen molar-refractivity contribution < 1.29 is 4.79 Å². The van der Waals surface area contributed by atoms with Crippen molar-refractivity contribution in [3.63, 3.8) is 0 Å². The number of hydrogen-bond donors (Lipinski definition) is 2. The molecule has 0 spiro atoms. The largest absolute Gasteiger partial charge is 0.368 e. The lowest BCUT2D eigenvalue weighted by Gasteiger charge is -2.17. The fourth-order valence-corrected chi connectivity index (χ4v) is 1.13. The molecule has 0 amide bonds. The second kappa shape index (κ2) is 4.13. The molecule has 0 radical (unpaired) electrons. The van der Waals surface area contributed by atoms with Gasteiger partial charge in [0.1, 0.15) is 11.9 Å². The summed E-state index contributed by atoms with van der Waals surface area (Å²) in [5, 5.41) is 2.98. The summed E-state index contributed by atoms with van der Waals surface area (Å²) in [6.45, 7) is 3.75. The first-order valence-corrected chi connectivity index (χ1v) is 4.18. The van der Waals surface area contributed by atoms with Crippen LogP contribution in [0.3, 0.4) is 0 Å². The topological polar surface area (TPSA) is 79.8 Å². The van der Waals surface area contributed by atoms with Gasteiger partial charge in [0.25, 0.3) is 0 Å². The number of nitrogens with zero attached hydrogens (tertiary/aromatic N) is 2. The number of guanidine groups is 1. The van der Waals surface area contributed by atoms with Gasteiger partial charge in [-0.05, 0) is 13.8 Å². The van der Waals surface area contributed by atoms with Gasteiger partial charge in [-0.3, -0.25) is 10.1 Å². The molecule has 5 nitrogen and oxygen atoms in total. The number of nitrogens with one attached hydrogen (secondary N) is 1. The zero-order valence-electron chi connectivity index (χ0n) is 7.87. The summed E-state index contributed by atoms with van der Waals surface area (Å²) < 4.78 is 0. The van der Waals surface area contributed by atoms with Crippen LogP contribution in [0.5, 0.6) is 0 Å². The van der Waals surface area contributed by atoms with Crippen molar-refractivity contribution in [2.45, 2.75) is 26.4 Å². The third-order valence-electron chi connectivity index (χ3n) is 1.67. The van der Waals surface area contributed by atoms with Gasteiger partial charge >= 0.3 is 0 Å². The molecule has 0 aromatic carbocycles. The van der Waals surface area contributed by atoms with E-state index in [0.717, 1.165) is 5.71 Å². The van der Waals surface area contributed by atoms with E-state index in [0.29, 0.717) is 13.0 Å². The van der Waals surface area contributed by atoms with Gasteiger partial charge in [0.05, 0.1) is 6.54 Å². The van der Waals surface area contributed by atoms with Crippen LogP contribution in [0.25, 0.3) is 0 Å². The predicted octanol–water partition coefficient (Wildman–Crippen LogP) is -0.330. The lowest BCUT2D eigenvalue weighted by atomic mass is 10.2. The number of rotatable bonds is 3. The molecule has 1 heterocycles. The number of hydrogen-bond acceptors (Lipinski definition) is 5. The lowest BCUT2D eigenvalue weighted by molar-refractivity contribution is -0.116. The molecule has 0 aromatic rings. The predicted molar refractivity (Wildman–Crippen MR) is 51.8 cm³/mol. The Morgan fingerprint density at radius 1 is 1.77 bits per heavy atom. The van der Waals surface area contributed by atoms with Crippen molar-refractivity contribution >= 4 is 17.5 Å². The molecule has 0 bridgehead atoms. The normalized spacial score (nSPS) is 22.2. The minimum atomic E-state index is -0.0959. The maximum absolute atomic E-state index is 10.7. The second-order valence-corrected chi connectivity index (χ2v) is 3.14. The van der Waals surface area contributed by atoms with E-state index in [1.54, 1.807) is 0 Å². The zero-order chi connectivity index (χ0) is 9.84. The quantitative estimate of drug-likeness (QED) is 0.627. The van der Waals surface area contributed by atoms with Crippen LogP contribution in [0.2, 0.25) is 0 Å². The van der Waals surface area contributed by atoms with Crippen molar-refractivity contribution in [2.24, 2.45) is 15.7 Å². The first-order chi connectivity index (χ1) is 6.08. The summed E-state index contributed by atoms with van der Waals surface area (Å²) >= 11 is 0. The summed E-state index contributed by atoms with van der Waals surface area (Å²) in [5.74, 6) is 0.374. The van der Waals surface area contributed by atoms with Crippen molar-refractivity contribution in [2.75, 3.05) is 6.54 Å². The minimum Gasteiger partial charge on any atom is -0.368 e. The Morgan fingerprint density at radius 2 is 2.46 bits per heavy atom. The van der Waals surface area contributed by atoms with E-state index >= 15 is 0 Å². The molecule has 1 aliphatic heterocycles. The van der Waals surface area contributed by atoms with Crippen LogP contribution in [0.1, 0.15) is 20.3 Å². The highest BCUT2D eigenvalue weighted by Gasteiger charge is 2.13. The Kier molecular flexibility index (Phi) is 3.13. The molecular weight excluding hydrogens is 168 g/mol. The molecular formula is C8H14N4O. The Balaban J connectivity index is 2.46. The standard InChI is InChI=1S/C8H14N4O/c1-5-3-7(10-4-6(2)13)12-8(9)11-5/h7,10H,3-4H2,1-2H3,(H2,9,12). The van der Waals surface area contributed by atoms with Crippen molar-refractivity contribution in [1.29, 1.82) is 0 Å². The van der Waals surface area contributed by atoms with Crippen LogP contribution >= 0.6 is 0 Å². The van der Waals surface area contributed by atoms with Crippen LogP contribution in [-0.2, 0) is 4.79 Å². The Morgan fingerprint density at radius 3 is 3.00 bits per heavy atom. The Bertz CT molecular complexity index is 269. The molecule has 0 saturated carbocycles. The molecule has 0 aliphatic carbocycles. The number of aliphatic imine (C=N–C) groups is 2. The monoisotopic (exact) mass is 182 g/mol. The van der Waals surface area contributed by atoms with Gasteiger partial charge in [-0.1, -0.05) is 0 Å². The minimum absolute atomic E-state index is 0.0916. The molecule has 13 heavy (non-hydrogen) atoms. The molecule has 0 saturated heterocycles. The number of Topliss-reactive ketones (excluding diaryl/α,β-unsaturated/α-hetero) is 1. The van der Waals surface area contributed by atoms with Crippen molar-refractivity contribution in [3.8, 4) is 0 Å². The maximum atomic E-state index is 10.7. The molecule has 5 heteroatoms. The van der Waals surface area contributed by atoms with E-state index in [4.69, 9.17) is 5.73 Å². The van der Waals surface area contributed by atoms with Gasteiger partial charge in [0.15, 0.2) is 0 Å². The molecule has 0 fully saturated rings. The first-order valence-electron chi connectivity index (χ1n) is 4.18. The van der Waals surface area contributed by atoms with Crippen LogP contribution in [0, 0.1) is 0 Å². The van der Waals surface area contributed by atoms with Crippen LogP contribution in [-0.4, -0.2) is 30.2 Å². The smallest absolute Gasteiger partial charge is 0.216 e. The zero-order valence-corrected chi connectivity index (χ0v) is 7.87. The average molecular weight is 182 g/mol. The molecule has 1 rings (SSSR count). The second-order valence-electron chi connectivity index (χ2n) is 3.14. The molecule has 3 N–H and O–H groups in total. The number of carbonyl (C=O) groups is 1. The van der Waals surface area contributed by atoms with Gasteiger partial charge in [0, 0.05) is 12.1 Å². The van der Waals surface area contributed by atoms with E-state index in [-0.39, 0.29) is 17.9 Å². The molecule has 0 aromatic heterocycles. The molecule has 1 aliphatic rings. The van der Waals surface area contributed by atoms with Gasteiger partial charge in [-0.2, -0.15) is 0 Å². The fraction of sp³-hybridized carbons (Fsp3) is 0.625. The summed E-state index contributed by atoms with van der Waals surface area (Å²) in [7, 11) is 0. The van der Waals surface area contributed by atoms with Crippen LogP contribution in [0.4, 0.5) is 0 Å². The van der Waals surface area contributed by atoms with Gasteiger partial charge in [0.2, 0.25) is 5.96 Å². The van der Waals surface area contributed by atoms with E-state index < -0.39 is 0 Å². The summed E-state index contributed by atoms with van der Waals surface area (Å²) in [6, 6.07) is 0. The van der Waals surface area contributed by atoms with Gasteiger partial charge in [-0.15, -0.1) is 0 Å². The SMILES string of the molecule is CC(=O)CNC1CC(C)=NC(N)=N1. The van der Waals surface area contributed by atoms with E-state index in [9.17, 15) is 4.79 Å². The highest BCUT2D eigenvalue weighted by molar-refractivity contribution is 5.97. The number of ketones is 1. The van der Waals surface area contributed by atoms with E-state index in [1.807, 2.05) is 6.92 Å². The summed E-state index contributed by atoms with van der Waals surface area (Å²) in [6.07, 6.45) is 0.620. The highest BCUT2D eigenvalue weighted by Crippen LogP contribution is 2.02. The Labute approximate surface area is 77.1 Å². The highest BCUT2D eigenvalue weighted by atomic mass is 16.1. The van der Waals surface area contributed by atoms with E-state index in [1.165, 1.54) is 6.92 Å². The van der Waals surface area contributed by atoms with Gasteiger partial charge < -0.3 is 5.73 Å². The van der Waals surface area contributed by atoms with Crippen molar-refractivity contribution in [3.05, 3.63) is 0 Å². The third kappa shape index (κ3) is 3.33. The summed E-state index contributed by atoms with van der Waals surface area (Å²) in [5.41, 5.74) is 6.40. The fourth-order valence-electron chi connectivity index (χ4n) is 1.13. The Hall–Kier alpha value is -1.23. The molecule has 1 unspecified atom stereocenters. The number of carbonyl (C=O) groups excluding carboxylic acids is 1. The van der Waals surface area contributed by atoms with E-state index in [2.05, 4.69) is 15.3 Å². The first kappa shape index (κ1) is 9.85. The summed E-state index contributed by atoms with van der Waals surface area (Å²) in [4.78, 5) is 18.7. The average Bonchev–Trinajstić information content (AvgIpc) is 1.99. The van der Waals surface area contributed by atoms with Gasteiger partial charge in [-0.25, -0.2) is 9.98 Å². The number of nitrogens with two attached hydrogens (primary N) is 1. The van der Waals surface area contributed by atoms with Crippen LogP contribution < -0.4 is 11.1 Å². The van der Waals surface area contributed by atoms with Crippen molar-refractivity contribution in [1.82, 2.24) is 5.32 Å². The maximum Gasteiger partial charge on any atom is 0.216 e. The third-order valence-corrected chi connectivity index (χ3v) is 1.67. The molecule has 72 valence electrons. The van der Waals surface area contributed by atoms with Crippen LogP contribution in [0.15, 0.2) is 9.98 Å².